The van der Waals surface area contributed by atoms with Gasteiger partial charge in [-0.15, -0.1) is 0 Å². The molecule has 0 bridgehead atoms. The summed E-state index contributed by atoms with van der Waals surface area (Å²) >= 11 is 0. The normalized spacial score (nSPS) is 20.2. The summed E-state index contributed by atoms with van der Waals surface area (Å²) in [4.78, 5) is 22.9. The van der Waals surface area contributed by atoms with Crippen molar-refractivity contribution in [3.8, 4) is 0 Å². The van der Waals surface area contributed by atoms with Crippen molar-refractivity contribution < 1.29 is 9.90 Å². The maximum absolute atomic E-state index is 12.5. The largest absolute Gasteiger partial charge is 0.386 e. The number of aryl methyl sites for hydroxylation is 3. The highest BCUT2D eigenvalue weighted by Crippen LogP contribution is 2.24. The Hall–Kier alpha value is -2.48. The van der Waals surface area contributed by atoms with Gasteiger partial charge in [0.15, 0.2) is 0 Å². The summed E-state index contributed by atoms with van der Waals surface area (Å²) < 4.78 is 1.73. The van der Waals surface area contributed by atoms with Gasteiger partial charge < -0.3 is 15.3 Å². The molecule has 8 heteroatoms. The zero-order valence-corrected chi connectivity index (χ0v) is 15.6. The maximum atomic E-state index is 12.5. The summed E-state index contributed by atoms with van der Waals surface area (Å²) in [5.74, 6) is 0.604. The number of nitrogens with zero attached hydrogens (tertiary/aromatic N) is 5. The standard InChI is InChI=1S/C18H26N6O2/c1-4-24-9-15(14(3)22-24)17(25)19-10-18(26)6-5-7-23(11-18)16-8-13(2)20-12-21-16/h8-9,12,26H,4-7,10-11H2,1-3H3,(H,19,25). The average molecular weight is 358 g/mol. The van der Waals surface area contributed by atoms with Gasteiger partial charge in [0.1, 0.15) is 12.1 Å². The average Bonchev–Trinajstić information content (AvgIpc) is 3.01. The molecule has 1 unspecified atom stereocenters. The SMILES string of the molecule is CCn1cc(C(=O)NCC2(O)CCCN(c3cc(C)ncn3)C2)c(C)n1. The molecule has 26 heavy (non-hydrogen) atoms. The molecule has 8 nitrogen and oxygen atoms in total. The van der Waals surface area contributed by atoms with Crippen LogP contribution >= 0.6 is 0 Å². The Labute approximate surface area is 153 Å². The first-order chi connectivity index (χ1) is 12.4. The Morgan fingerprint density at radius 3 is 2.88 bits per heavy atom. The van der Waals surface area contributed by atoms with E-state index in [0.29, 0.717) is 30.8 Å². The number of amides is 1. The molecule has 1 aliphatic heterocycles. The Morgan fingerprint density at radius 1 is 1.38 bits per heavy atom. The molecule has 2 aromatic rings. The summed E-state index contributed by atoms with van der Waals surface area (Å²) in [7, 11) is 0. The third-order valence-electron chi connectivity index (χ3n) is 4.76. The molecule has 0 saturated carbocycles. The van der Waals surface area contributed by atoms with Crippen molar-refractivity contribution in [2.45, 2.75) is 45.8 Å². The van der Waals surface area contributed by atoms with Crippen molar-refractivity contribution in [1.82, 2.24) is 25.1 Å². The van der Waals surface area contributed by atoms with Crippen molar-refractivity contribution in [1.29, 1.82) is 0 Å². The molecule has 1 atom stereocenters. The second-order valence-corrected chi connectivity index (χ2v) is 6.93. The molecular formula is C18H26N6O2. The number of piperidine rings is 1. The predicted molar refractivity (Wildman–Crippen MR) is 98.1 cm³/mol. The second-order valence-electron chi connectivity index (χ2n) is 6.93. The smallest absolute Gasteiger partial charge is 0.254 e. The number of aromatic nitrogens is 4. The van der Waals surface area contributed by atoms with Crippen LogP contribution in [0.5, 0.6) is 0 Å². The molecule has 1 fully saturated rings. The number of carbonyl (C=O) groups is 1. The number of rotatable bonds is 5. The number of anilines is 1. The minimum Gasteiger partial charge on any atom is -0.386 e. The predicted octanol–water partition coefficient (Wildman–Crippen LogP) is 1.07. The fraction of sp³-hybridized carbons (Fsp3) is 0.556. The van der Waals surface area contributed by atoms with Gasteiger partial charge in [-0.25, -0.2) is 9.97 Å². The quantitative estimate of drug-likeness (QED) is 0.830. The van der Waals surface area contributed by atoms with Crippen molar-refractivity contribution in [2.24, 2.45) is 0 Å². The molecule has 0 aliphatic carbocycles. The van der Waals surface area contributed by atoms with E-state index in [1.165, 1.54) is 6.33 Å². The lowest BCUT2D eigenvalue weighted by Gasteiger charge is -2.39. The molecule has 2 N–H and O–H groups in total. The maximum Gasteiger partial charge on any atom is 0.254 e. The van der Waals surface area contributed by atoms with E-state index in [1.54, 1.807) is 10.9 Å². The summed E-state index contributed by atoms with van der Waals surface area (Å²) in [6.45, 7) is 7.87. The molecule has 0 aromatic carbocycles. The van der Waals surface area contributed by atoms with Gasteiger partial charge in [-0.05, 0) is 33.6 Å². The van der Waals surface area contributed by atoms with E-state index in [1.807, 2.05) is 31.7 Å². The van der Waals surface area contributed by atoms with E-state index < -0.39 is 5.60 Å². The van der Waals surface area contributed by atoms with E-state index in [0.717, 1.165) is 24.5 Å². The van der Waals surface area contributed by atoms with Crippen LogP contribution < -0.4 is 10.2 Å². The molecule has 140 valence electrons. The van der Waals surface area contributed by atoms with E-state index in [-0.39, 0.29) is 12.5 Å². The Kier molecular flexibility index (Phi) is 5.22. The van der Waals surface area contributed by atoms with Crippen molar-refractivity contribution in [2.75, 3.05) is 24.5 Å². The minimum absolute atomic E-state index is 0.198. The fourth-order valence-corrected chi connectivity index (χ4v) is 3.31. The zero-order valence-electron chi connectivity index (χ0n) is 15.6. The second kappa shape index (κ2) is 7.41. The Bertz CT molecular complexity index is 790. The number of hydrogen-bond acceptors (Lipinski definition) is 6. The molecular weight excluding hydrogens is 332 g/mol. The summed E-state index contributed by atoms with van der Waals surface area (Å²) in [6, 6.07) is 1.91. The van der Waals surface area contributed by atoms with Crippen LogP contribution in [0.25, 0.3) is 0 Å². The van der Waals surface area contributed by atoms with Gasteiger partial charge in [-0.3, -0.25) is 9.48 Å². The lowest BCUT2D eigenvalue weighted by molar-refractivity contribution is 0.0254. The molecule has 2 aromatic heterocycles. The zero-order chi connectivity index (χ0) is 18.7. The van der Waals surface area contributed by atoms with Gasteiger partial charge in [0.05, 0.1) is 16.9 Å². The highest BCUT2D eigenvalue weighted by Gasteiger charge is 2.34. The molecule has 1 aliphatic rings. The van der Waals surface area contributed by atoms with Gasteiger partial charge >= 0.3 is 0 Å². The highest BCUT2D eigenvalue weighted by atomic mass is 16.3. The van der Waals surface area contributed by atoms with Crippen molar-refractivity contribution in [3.63, 3.8) is 0 Å². The van der Waals surface area contributed by atoms with Gasteiger partial charge in [0.25, 0.3) is 5.91 Å². The Balaban J connectivity index is 1.64. The molecule has 3 rings (SSSR count). The van der Waals surface area contributed by atoms with E-state index >= 15 is 0 Å². The number of β-amino-alcohol motifs (C(OH)–C–C–N with tert-alkyl or cyclic N) is 1. The van der Waals surface area contributed by atoms with Crippen molar-refractivity contribution >= 4 is 11.7 Å². The molecule has 0 radical (unpaired) electrons. The first-order valence-electron chi connectivity index (χ1n) is 8.98. The Morgan fingerprint density at radius 2 is 2.19 bits per heavy atom. The topological polar surface area (TPSA) is 96.2 Å². The van der Waals surface area contributed by atoms with E-state index in [9.17, 15) is 9.90 Å². The van der Waals surface area contributed by atoms with Gasteiger partial charge in [0.2, 0.25) is 0 Å². The lowest BCUT2D eigenvalue weighted by atomic mass is 9.92. The fourth-order valence-electron chi connectivity index (χ4n) is 3.31. The van der Waals surface area contributed by atoms with Crippen LogP contribution in [0.3, 0.4) is 0 Å². The monoisotopic (exact) mass is 358 g/mol. The summed E-state index contributed by atoms with van der Waals surface area (Å²) in [6.07, 6.45) is 4.75. The molecule has 0 spiro atoms. The number of carbonyl (C=O) groups excluding carboxylic acids is 1. The van der Waals surface area contributed by atoms with Crippen LogP contribution in [0.1, 0.15) is 41.5 Å². The van der Waals surface area contributed by atoms with Crippen LogP contribution in [0.15, 0.2) is 18.6 Å². The third kappa shape index (κ3) is 4.01. The first-order valence-corrected chi connectivity index (χ1v) is 8.98. The van der Waals surface area contributed by atoms with Crippen LogP contribution in [0, 0.1) is 13.8 Å². The number of hydrogen-bond donors (Lipinski definition) is 2. The highest BCUT2D eigenvalue weighted by molar-refractivity contribution is 5.95. The number of nitrogens with one attached hydrogen (secondary N) is 1. The number of aliphatic hydroxyl groups is 1. The third-order valence-corrected chi connectivity index (χ3v) is 4.76. The summed E-state index contributed by atoms with van der Waals surface area (Å²) in [5, 5.41) is 18.1. The van der Waals surface area contributed by atoms with Gasteiger partial charge in [0, 0.05) is 44.1 Å². The molecule has 1 saturated heterocycles. The van der Waals surface area contributed by atoms with Crippen molar-refractivity contribution in [3.05, 3.63) is 35.5 Å². The van der Waals surface area contributed by atoms with Crippen LogP contribution in [-0.4, -0.2) is 56.0 Å². The molecule has 3 heterocycles. The first kappa shape index (κ1) is 18.3. The van der Waals surface area contributed by atoms with E-state index in [2.05, 4.69) is 20.4 Å². The van der Waals surface area contributed by atoms with Gasteiger partial charge in [-0.2, -0.15) is 5.10 Å². The minimum atomic E-state index is -0.985. The van der Waals surface area contributed by atoms with Crippen LogP contribution in [0.4, 0.5) is 5.82 Å². The lowest BCUT2D eigenvalue weighted by Crippen LogP contribution is -2.54. The summed E-state index contributed by atoms with van der Waals surface area (Å²) in [5.41, 5.74) is 1.15. The van der Waals surface area contributed by atoms with Crippen LogP contribution in [0.2, 0.25) is 0 Å². The van der Waals surface area contributed by atoms with Crippen LogP contribution in [-0.2, 0) is 6.54 Å². The van der Waals surface area contributed by atoms with Gasteiger partial charge in [-0.1, -0.05) is 0 Å². The molecule has 1 amide bonds. The van der Waals surface area contributed by atoms with E-state index in [4.69, 9.17) is 0 Å².